The molecule has 0 saturated heterocycles. The standard InChI is InChI=1S/C18H17N3O3S2/c1-9-16(17(19)23)26-10(2)21(9)18-20-13(8-25-18)11-3-5-14-12(7-11)4-6-15(22)24-14/h3,5,7-8,10H,4,6H2,1-2H3,(H2,19,23). The number of fused-ring (bicyclic) bond motifs is 1. The van der Waals surface area contributed by atoms with Crippen molar-refractivity contribution in [3.05, 3.63) is 39.7 Å². The number of amides is 1. The van der Waals surface area contributed by atoms with E-state index in [9.17, 15) is 9.59 Å². The number of hydrogen-bond acceptors (Lipinski definition) is 7. The van der Waals surface area contributed by atoms with Crippen molar-refractivity contribution in [1.82, 2.24) is 4.98 Å². The Morgan fingerprint density at radius 1 is 1.38 bits per heavy atom. The number of rotatable bonds is 3. The van der Waals surface area contributed by atoms with Gasteiger partial charge in [-0.05, 0) is 44.0 Å². The first-order chi connectivity index (χ1) is 12.4. The van der Waals surface area contributed by atoms with Crippen LogP contribution in [-0.4, -0.2) is 22.2 Å². The van der Waals surface area contributed by atoms with Crippen LogP contribution in [0.4, 0.5) is 5.13 Å². The number of thioether (sulfide) groups is 1. The van der Waals surface area contributed by atoms with E-state index in [0.29, 0.717) is 23.5 Å². The Morgan fingerprint density at radius 3 is 2.92 bits per heavy atom. The first kappa shape index (κ1) is 17.1. The van der Waals surface area contributed by atoms with E-state index < -0.39 is 5.91 Å². The van der Waals surface area contributed by atoms with Gasteiger partial charge in [-0.1, -0.05) is 11.8 Å². The minimum atomic E-state index is -0.400. The summed E-state index contributed by atoms with van der Waals surface area (Å²) < 4.78 is 5.25. The molecule has 2 aromatic rings. The van der Waals surface area contributed by atoms with Crippen molar-refractivity contribution < 1.29 is 14.3 Å². The summed E-state index contributed by atoms with van der Waals surface area (Å²) in [5.41, 5.74) is 9.18. The molecule has 1 amide bonds. The molecule has 0 spiro atoms. The van der Waals surface area contributed by atoms with E-state index in [4.69, 9.17) is 15.5 Å². The lowest BCUT2D eigenvalue weighted by Crippen LogP contribution is -2.24. The maximum Gasteiger partial charge on any atom is 0.311 e. The van der Waals surface area contributed by atoms with Crippen LogP contribution in [0.3, 0.4) is 0 Å². The van der Waals surface area contributed by atoms with E-state index in [0.717, 1.165) is 27.6 Å². The zero-order chi connectivity index (χ0) is 18.4. The number of carbonyl (C=O) groups excluding carboxylic acids is 2. The lowest BCUT2D eigenvalue weighted by molar-refractivity contribution is -0.135. The fourth-order valence-corrected chi connectivity index (χ4v) is 5.30. The van der Waals surface area contributed by atoms with Crippen molar-refractivity contribution in [1.29, 1.82) is 0 Å². The minimum Gasteiger partial charge on any atom is -0.426 e. The topological polar surface area (TPSA) is 85.5 Å². The Hall–Kier alpha value is -2.32. The van der Waals surface area contributed by atoms with Crippen LogP contribution in [-0.2, 0) is 16.0 Å². The normalized spacial score (nSPS) is 19.5. The third-order valence-corrected chi connectivity index (χ3v) is 6.57. The maximum atomic E-state index is 11.6. The van der Waals surface area contributed by atoms with E-state index in [1.165, 1.54) is 23.1 Å². The number of nitrogens with zero attached hydrogens (tertiary/aromatic N) is 2. The van der Waals surface area contributed by atoms with E-state index in [-0.39, 0.29) is 11.3 Å². The van der Waals surface area contributed by atoms with Crippen LogP contribution in [0.2, 0.25) is 0 Å². The van der Waals surface area contributed by atoms with Crippen LogP contribution in [0.5, 0.6) is 5.75 Å². The second kappa shape index (κ2) is 6.44. The molecule has 0 aliphatic carbocycles. The zero-order valence-electron chi connectivity index (χ0n) is 14.3. The highest BCUT2D eigenvalue weighted by Crippen LogP contribution is 2.42. The molecule has 1 atom stereocenters. The highest BCUT2D eigenvalue weighted by atomic mass is 32.2. The largest absolute Gasteiger partial charge is 0.426 e. The molecule has 134 valence electrons. The molecule has 0 radical (unpaired) electrons. The molecule has 0 saturated carbocycles. The van der Waals surface area contributed by atoms with Gasteiger partial charge in [0.2, 0.25) is 0 Å². The number of primary amides is 1. The van der Waals surface area contributed by atoms with Gasteiger partial charge in [-0.15, -0.1) is 11.3 Å². The predicted octanol–water partition coefficient (Wildman–Crippen LogP) is 3.28. The van der Waals surface area contributed by atoms with Crippen molar-refractivity contribution in [2.75, 3.05) is 4.90 Å². The minimum absolute atomic E-state index is 0.0689. The van der Waals surface area contributed by atoms with Crippen molar-refractivity contribution in [2.24, 2.45) is 5.73 Å². The van der Waals surface area contributed by atoms with Crippen molar-refractivity contribution in [2.45, 2.75) is 32.1 Å². The molecule has 0 fully saturated rings. The number of benzene rings is 1. The summed E-state index contributed by atoms with van der Waals surface area (Å²) in [4.78, 5) is 30.4. The quantitative estimate of drug-likeness (QED) is 0.643. The lowest BCUT2D eigenvalue weighted by Gasteiger charge is -2.21. The van der Waals surface area contributed by atoms with Gasteiger partial charge < -0.3 is 15.4 Å². The van der Waals surface area contributed by atoms with Gasteiger partial charge in [0.1, 0.15) is 5.75 Å². The number of aromatic nitrogens is 1. The van der Waals surface area contributed by atoms with Gasteiger partial charge in [-0.2, -0.15) is 0 Å². The molecule has 8 heteroatoms. The molecule has 4 rings (SSSR count). The number of nitrogens with two attached hydrogens (primary N) is 1. The van der Waals surface area contributed by atoms with Gasteiger partial charge >= 0.3 is 5.97 Å². The first-order valence-corrected chi connectivity index (χ1v) is 9.96. The first-order valence-electron chi connectivity index (χ1n) is 8.20. The molecule has 3 heterocycles. The molecular weight excluding hydrogens is 370 g/mol. The fourth-order valence-electron chi connectivity index (χ4n) is 3.18. The molecule has 6 nitrogen and oxygen atoms in total. The van der Waals surface area contributed by atoms with Crippen molar-refractivity contribution in [3.63, 3.8) is 0 Å². The van der Waals surface area contributed by atoms with E-state index in [2.05, 4.69) is 0 Å². The summed E-state index contributed by atoms with van der Waals surface area (Å²) in [6.45, 7) is 3.92. The SMILES string of the molecule is CC1=C(C(N)=O)SC(C)N1c1nc(-c2ccc3c(c2)CCC(=O)O3)cs1. The second-order valence-corrected chi connectivity index (χ2v) is 8.34. The maximum absolute atomic E-state index is 11.6. The monoisotopic (exact) mass is 387 g/mol. The summed E-state index contributed by atoms with van der Waals surface area (Å²) in [5, 5.41) is 2.90. The van der Waals surface area contributed by atoms with Crippen LogP contribution >= 0.6 is 23.1 Å². The lowest BCUT2D eigenvalue weighted by atomic mass is 10.0. The molecule has 2 aliphatic rings. The van der Waals surface area contributed by atoms with E-state index >= 15 is 0 Å². The van der Waals surface area contributed by atoms with Gasteiger partial charge in [0.25, 0.3) is 5.91 Å². The van der Waals surface area contributed by atoms with Crippen LogP contribution < -0.4 is 15.4 Å². The summed E-state index contributed by atoms with van der Waals surface area (Å²) in [6, 6.07) is 5.77. The number of allylic oxidation sites excluding steroid dienone is 1. The number of anilines is 1. The Balaban J connectivity index is 1.65. The van der Waals surface area contributed by atoms with Crippen LogP contribution in [0.15, 0.2) is 34.2 Å². The molecule has 0 bridgehead atoms. The van der Waals surface area contributed by atoms with Crippen LogP contribution in [0.25, 0.3) is 11.3 Å². The number of thiazole rings is 1. The smallest absolute Gasteiger partial charge is 0.311 e. The molecule has 1 aromatic heterocycles. The Morgan fingerprint density at radius 2 is 2.19 bits per heavy atom. The summed E-state index contributed by atoms with van der Waals surface area (Å²) >= 11 is 2.99. The number of aryl methyl sites for hydroxylation is 1. The van der Waals surface area contributed by atoms with Gasteiger partial charge in [0.15, 0.2) is 5.13 Å². The highest BCUT2D eigenvalue weighted by molar-refractivity contribution is 8.05. The summed E-state index contributed by atoms with van der Waals surface area (Å²) in [7, 11) is 0. The summed E-state index contributed by atoms with van der Waals surface area (Å²) in [5.74, 6) is 0.0481. The Bertz CT molecular complexity index is 951. The number of carbonyl (C=O) groups is 2. The molecular formula is C18H17N3O3S2. The molecule has 26 heavy (non-hydrogen) atoms. The third kappa shape index (κ3) is 2.89. The van der Waals surface area contributed by atoms with Crippen LogP contribution in [0.1, 0.15) is 25.8 Å². The van der Waals surface area contributed by atoms with Gasteiger partial charge in [-0.3, -0.25) is 9.59 Å². The average Bonchev–Trinajstić information content (AvgIpc) is 3.19. The van der Waals surface area contributed by atoms with Crippen LogP contribution in [0, 0.1) is 0 Å². The molecule has 2 aliphatic heterocycles. The van der Waals surface area contributed by atoms with Crippen molar-refractivity contribution in [3.8, 4) is 17.0 Å². The second-order valence-electron chi connectivity index (χ2n) is 6.18. The molecule has 1 unspecified atom stereocenters. The highest BCUT2D eigenvalue weighted by Gasteiger charge is 2.32. The fraction of sp³-hybridized carbons (Fsp3) is 0.278. The molecule has 1 aromatic carbocycles. The predicted molar refractivity (Wildman–Crippen MR) is 103 cm³/mol. The average molecular weight is 387 g/mol. The van der Waals surface area contributed by atoms with Gasteiger partial charge in [-0.25, -0.2) is 4.98 Å². The Kier molecular flexibility index (Phi) is 4.24. The van der Waals surface area contributed by atoms with E-state index in [1.54, 1.807) is 0 Å². The third-order valence-electron chi connectivity index (χ3n) is 4.44. The number of ether oxygens (including phenoxy) is 1. The summed E-state index contributed by atoms with van der Waals surface area (Å²) in [6.07, 6.45) is 1.09. The zero-order valence-corrected chi connectivity index (χ0v) is 15.9. The van der Waals surface area contributed by atoms with Gasteiger partial charge in [0, 0.05) is 16.6 Å². The van der Waals surface area contributed by atoms with Crippen molar-refractivity contribution >= 4 is 40.1 Å². The molecule has 2 N–H and O–H groups in total. The number of esters is 1. The van der Waals surface area contributed by atoms with E-state index in [1.807, 2.05) is 42.3 Å². The Labute approximate surface area is 159 Å². The number of hydrogen-bond donors (Lipinski definition) is 1. The van der Waals surface area contributed by atoms with Gasteiger partial charge in [0.05, 0.1) is 22.4 Å².